The lowest BCUT2D eigenvalue weighted by Crippen LogP contribution is -2.51. The van der Waals surface area contributed by atoms with Crippen LogP contribution in [-0.4, -0.2) is 21.8 Å². The zero-order valence-electron chi connectivity index (χ0n) is 24.3. The third-order valence-corrected chi connectivity index (χ3v) is 10.3. The molecule has 0 radical (unpaired) electrons. The van der Waals surface area contributed by atoms with Crippen molar-refractivity contribution in [2.24, 2.45) is 0 Å². The number of hydrogen-bond acceptors (Lipinski definition) is 4. The quantitative estimate of drug-likeness (QED) is 0.151. The maximum Gasteiger partial charge on any atom is 0.369 e. The number of aryl methyl sites for hydroxylation is 1. The molecule has 208 valence electrons. The van der Waals surface area contributed by atoms with E-state index in [1.807, 2.05) is 13.8 Å². The van der Waals surface area contributed by atoms with Crippen molar-refractivity contribution >= 4 is 47.9 Å². The molecule has 41 heavy (non-hydrogen) atoms. The van der Waals surface area contributed by atoms with Gasteiger partial charge < -0.3 is 18.7 Å². The molecule has 0 aromatic heterocycles. The van der Waals surface area contributed by atoms with Crippen molar-refractivity contribution in [2.75, 3.05) is 23.0 Å². The molecule has 0 aliphatic rings. The van der Waals surface area contributed by atoms with Crippen LogP contribution in [0.25, 0.3) is 0 Å². The summed E-state index contributed by atoms with van der Waals surface area (Å²) in [5.74, 6) is 0. The highest BCUT2D eigenvalue weighted by Gasteiger charge is 2.33. The summed E-state index contributed by atoms with van der Waals surface area (Å²) < 4.78 is 12.3. The molecule has 0 fully saturated rings. The molecule has 0 amide bonds. The molecular weight excluding hydrogens is 520 g/mol. The van der Waals surface area contributed by atoms with E-state index in [1.165, 1.54) is 5.56 Å². The van der Waals surface area contributed by atoms with Crippen LogP contribution in [0, 0.1) is 6.92 Å². The van der Waals surface area contributed by atoms with Gasteiger partial charge in [-0.25, -0.2) is 0 Å². The molecule has 0 atom stereocenters. The molecule has 0 spiro atoms. The molecule has 0 bridgehead atoms. The van der Waals surface area contributed by atoms with Crippen LogP contribution in [0.4, 0.5) is 34.1 Å². The van der Waals surface area contributed by atoms with Crippen molar-refractivity contribution in [3.8, 4) is 0 Å². The third kappa shape index (κ3) is 6.28. The topological polar surface area (TPSA) is 24.9 Å². The summed E-state index contributed by atoms with van der Waals surface area (Å²) in [5, 5.41) is 1.13. The Kier molecular flexibility index (Phi) is 9.00. The first-order valence-corrected chi connectivity index (χ1v) is 16.6. The smallest absolute Gasteiger partial charge is 0.369 e. The van der Waals surface area contributed by atoms with Gasteiger partial charge in [0.05, 0.1) is 0 Å². The zero-order valence-corrected chi connectivity index (χ0v) is 25.3. The molecule has 5 heteroatoms. The Hall–Kier alpha value is -4.16. The van der Waals surface area contributed by atoms with Gasteiger partial charge in [0.2, 0.25) is 0 Å². The average molecular weight is 559 g/mol. The van der Waals surface area contributed by atoms with Crippen LogP contribution in [0.15, 0.2) is 133 Å². The van der Waals surface area contributed by atoms with Crippen LogP contribution in [-0.2, 0) is 8.85 Å². The van der Waals surface area contributed by atoms with Crippen molar-refractivity contribution in [3.05, 3.63) is 139 Å². The Labute approximate surface area is 245 Å². The summed E-state index contributed by atoms with van der Waals surface area (Å²) in [6.45, 7) is 9.63. The highest BCUT2D eigenvalue weighted by molar-refractivity contribution is 6.80. The van der Waals surface area contributed by atoms with Crippen LogP contribution in [0.5, 0.6) is 0 Å². The van der Waals surface area contributed by atoms with Crippen LogP contribution >= 0.6 is 0 Å². The van der Waals surface area contributed by atoms with Gasteiger partial charge in [0, 0.05) is 47.3 Å². The van der Waals surface area contributed by atoms with Gasteiger partial charge in [-0.05, 0) is 105 Å². The predicted molar refractivity (Wildman–Crippen MR) is 175 cm³/mol. The lowest BCUT2D eigenvalue weighted by Gasteiger charge is -2.30. The van der Waals surface area contributed by atoms with Crippen molar-refractivity contribution < 1.29 is 8.85 Å². The van der Waals surface area contributed by atoms with E-state index in [0.717, 1.165) is 39.3 Å². The second kappa shape index (κ2) is 13.0. The lowest BCUT2D eigenvalue weighted by molar-refractivity contribution is 0.202. The number of benzene rings is 5. The van der Waals surface area contributed by atoms with E-state index >= 15 is 0 Å². The first kappa shape index (κ1) is 28.4. The lowest BCUT2D eigenvalue weighted by atomic mass is 10.1. The third-order valence-electron chi connectivity index (χ3n) is 7.21. The minimum Gasteiger partial charge on any atom is -0.391 e. The van der Waals surface area contributed by atoms with Crippen LogP contribution in [0.3, 0.4) is 0 Å². The molecule has 0 N–H and O–H groups in total. The monoisotopic (exact) mass is 558 g/mol. The summed E-state index contributed by atoms with van der Waals surface area (Å²) in [5.41, 5.74) is 7.85. The summed E-state index contributed by atoms with van der Waals surface area (Å²) in [6, 6.07) is 47.0. The highest BCUT2D eigenvalue weighted by atomic mass is 28.4. The standard InChI is InChI=1S/C36H38N2O2Si/c1-5-39-41(4,40-6-2)35-25-22-33(23-26-35)38(32-20-14-9-15-21-32)36-27-24-34(28-29(36)3)37(30-16-10-7-11-17-30)31-18-12-8-13-19-31/h7-28H,5-6H2,1-4H3. The van der Waals surface area contributed by atoms with Crippen LogP contribution < -0.4 is 15.0 Å². The molecule has 5 aromatic carbocycles. The summed E-state index contributed by atoms with van der Waals surface area (Å²) in [4.78, 5) is 4.61. The zero-order chi connectivity index (χ0) is 28.7. The second-order valence-electron chi connectivity index (χ2n) is 10.0. The van der Waals surface area contributed by atoms with Crippen LogP contribution in [0.2, 0.25) is 6.55 Å². The van der Waals surface area contributed by atoms with Gasteiger partial charge in [0.15, 0.2) is 0 Å². The molecule has 0 aliphatic carbocycles. The molecule has 0 heterocycles. The maximum atomic E-state index is 6.15. The fraction of sp³-hybridized carbons (Fsp3) is 0.167. The van der Waals surface area contributed by atoms with Crippen molar-refractivity contribution in [2.45, 2.75) is 27.3 Å². The minimum atomic E-state index is -2.46. The predicted octanol–water partition coefficient (Wildman–Crippen LogP) is 9.29. The maximum absolute atomic E-state index is 6.15. The molecule has 0 saturated carbocycles. The fourth-order valence-corrected chi connectivity index (χ4v) is 7.60. The SMILES string of the molecule is CCO[Si](C)(OCC)c1ccc(N(c2ccccc2)c2ccc(N(c3ccccc3)c3ccccc3)cc2C)cc1. The Morgan fingerprint density at radius 2 is 0.927 bits per heavy atom. The fourth-order valence-electron chi connectivity index (χ4n) is 5.31. The number of para-hydroxylation sites is 3. The first-order chi connectivity index (χ1) is 20.0. The number of hydrogen-bond donors (Lipinski definition) is 0. The molecular formula is C36H38N2O2Si. The van der Waals surface area contributed by atoms with Gasteiger partial charge in [0.1, 0.15) is 0 Å². The minimum absolute atomic E-state index is 0.634. The van der Waals surface area contributed by atoms with Crippen molar-refractivity contribution in [1.29, 1.82) is 0 Å². The Morgan fingerprint density at radius 1 is 0.512 bits per heavy atom. The van der Waals surface area contributed by atoms with E-state index in [2.05, 4.69) is 157 Å². The normalized spacial score (nSPS) is 11.3. The first-order valence-electron chi connectivity index (χ1n) is 14.3. The Morgan fingerprint density at radius 3 is 1.37 bits per heavy atom. The molecule has 0 unspecified atom stereocenters. The summed E-state index contributed by atoms with van der Waals surface area (Å²) in [7, 11) is -2.46. The Balaban J connectivity index is 1.57. The van der Waals surface area contributed by atoms with Crippen molar-refractivity contribution in [1.82, 2.24) is 0 Å². The largest absolute Gasteiger partial charge is 0.391 e. The van der Waals surface area contributed by atoms with Gasteiger partial charge >= 0.3 is 8.56 Å². The molecule has 0 saturated heterocycles. The van der Waals surface area contributed by atoms with Crippen LogP contribution in [0.1, 0.15) is 19.4 Å². The summed E-state index contributed by atoms with van der Waals surface area (Å²) >= 11 is 0. The van der Waals surface area contributed by atoms with E-state index in [0.29, 0.717) is 13.2 Å². The van der Waals surface area contributed by atoms with Crippen molar-refractivity contribution in [3.63, 3.8) is 0 Å². The van der Waals surface area contributed by atoms with E-state index in [1.54, 1.807) is 0 Å². The summed E-state index contributed by atoms with van der Waals surface area (Å²) in [6.07, 6.45) is 0. The highest BCUT2D eigenvalue weighted by Crippen LogP contribution is 2.40. The number of rotatable bonds is 11. The van der Waals surface area contributed by atoms with E-state index in [4.69, 9.17) is 8.85 Å². The number of anilines is 6. The van der Waals surface area contributed by atoms with Gasteiger partial charge in [0.25, 0.3) is 0 Å². The van der Waals surface area contributed by atoms with Gasteiger partial charge in [-0.1, -0.05) is 66.7 Å². The van der Waals surface area contributed by atoms with E-state index in [9.17, 15) is 0 Å². The van der Waals surface area contributed by atoms with E-state index < -0.39 is 8.56 Å². The molecule has 5 aromatic rings. The van der Waals surface area contributed by atoms with Gasteiger partial charge in [-0.2, -0.15) is 0 Å². The molecule has 5 rings (SSSR count). The van der Waals surface area contributed by atoms with E-state index in [-0.39, 0.29) is 0 Å². The average Bonchev–Trinajstić information content (AvgIpc) is 3.01. The van der Waals surface area contributed by atoms with Gasteiger partial charge in [-0.3, -0.25) is 0 Å². The second-order valence-corrected chi connectivity index (χ2v) is 13.1. The number of nitrogens with zero attached hydrogens (tertiary/aromatic N) is 2. The molecule has 0 aliphatic heterocycles. The van der Waals surface area contributed by atoms with Gasteiger partial charge in [-0.15, -0.1) is 0 Å². The molecule has 4 nitrogen and oxygen atoms in total. The Bertz CT molecular complexity index is 1480.